The zero-order chi connectivity index (χ0) is 12.5. The highest BCUT2D eigenvalue weighted by Crippen LogP contribution is 2.39. The van der Waals surface area contributed by atoms with Crippen molar-refractivity contribution in [2.75, 3.05) is 11.9 Å². The van der Waals surface area contributed by atoms with E-state index < -0.39 is 6.61 Å². The SMILES string of the molecule is O=C(CO)Nc1cccc2c1Cc1ccccc1-2. The van der Waals surface area contributed by atoms with E-state index in [0.717, 1.165) is 17.7 Å². The number of hydrogen-bond donors (Lipinski definition) is 2. The summed E-state index contributed by atoms with van der Waals surface area (Å²) in [5.41, 5.74) is 5.59. The van der Waals surface area contributed by atoms with Crippen LogP contribution >= 0.6 is 0 Å². The topological polar surface area (TPSA) is 49.3 Å². The number of rotatable bonds is 2. The van der Waals surface area contributed by atoms with E-state index in [2.05, 4.69) is 23.5 Å². The molecule has 1 aliphatic rings. The molecule has 0 heterocycles. The van der Waals surface area contributed by atoms with Crippen molar-refractivity contribution in [3.8, 4) is 11.1 Å². The lowest BCUT2D eigenvalue weighted by molar-refractivity contribution is -0.118. The van der Waals surface area contributed by atoms with Crippen LogP contribution in [0.15, 0.2) is 42.5 Å². The Balaban J connectivity index is 2.06. The van der Waals surface area contributed by atoms with Crippen LogP contribution in [-0.2, 0) is 11.2 Å². The van der Waals surface area contributed by atoms with Gasteiger partial charge in [-0.05, 0) is 28.3 Å². The van der Waals surface area contributed by atoms with Gasteiger partial charge in [0.1, 0.15) is 6.61 Å². The summed E-state index contributed by atoms with van der Waals surface area (Å²) in [5.74, 6) is -0.376. The van der Waals surface area contributed by atoms with Crippen molar-refractivity contribution in [3.05, 3.63) is 53.6 Å². The second kappa shape index (κ2) is 4.27. The predicted molar refractivity (Wildman–Crippen MR) is 70.4 cm³/mol. The Hall–Kier alpha value is -2.13. The van der Waals surface area contributed by atoms with E-state index in [9.17, 15) is 4.79 Å². The van der Waals surface area contributed by atoms with Crippen LogP contribution in [0.25, 0.3) is 11.1 Å². The summed E-state index contributed by atoms with van der Waals surface area (Å²) in [4.78, 5) is 11.3. The number of amides is 1. The number of aliphatic hydroxyl groups excluding tert-OH is 1. The van der Waals surface area contributed by atoms with Gasteiger partial charge in [0.2, 0.25) is 5.91 Å². The molecule has 0 bridgehead atoms. The summed E-state index contributed by atoms with van der Waals surface area (Å²) in [6, 6.07) is 14.1. The van der Waals surface area contributed by atoms with Crippen molar-refractivity contribution < 1.29 is 9.90 Å². The lowest BCUT2D eigenvalue weighted by Gasteiger charge is -2.09. The van der Waals surface area contributed by atoms with E-state index in [1.54, 1.807) is 0 Å². The van der Waals surface area contributed by atoms with Crippen molar-refractivity contribution >= 4 is 11.6 Å². The van der Waals surface area contributed by atoms with Gasteiger partial charge in [0, 0.05) is 12.1 Å². The first-order valence-electron chi connectivity index (χ1n) is 5.90. The fourth-order valence-corrected chi connectivity index (χ4v) is 2.46. The van der Waals surface area contributed by atoms with E-state index in [1.807, 2.05) is 24.3 Å². The molecule has 2 N–H and O–H groups in total. The van der Waals surface area contributed by atoms with E-state index >= 15 is 0 Å². The molecular weight excluding hydrogens is 226 g/mol. The van der Waals surface area contributed by atoms with Crippen LogP contribution in [0.5, 0.6) is 0 Å². The van der Waals surface area contributed by atoms with Gasteiger partial charge in [-0.15, -0.1) is 0 Å². The van der Waals surface area contributed by atoms with Crippen molar-refractivity contribution in [2.45, 2.75) is 6.42 Å². The van der Waals surface area contributed by atoms with E-state index in [1.165, 1.54) is 16.7 Å². The number of hydrogen-bond acceptors (Lipinski definition) is 2. The molecule has 0 fully saturated rings. The fraction of sp³-hybridized carbons (Fsp3) is 0.133. The van der Waals surface area contributed by atoms with Gasteiger partial charge in [-0.1, -0.05) is 36.4 Å². The average Bonchev–Trinajstić information content (AvgIpc) is 2.78. The number of carbonyl (C=O) groups is 1. The molecule has 1 aliphatic carbocycles. The van der Waals surface area contributed by atoms with Gasteiger partial charge in [0.25, 0.3) is 0 Å². The maximum atomic E-state index is 11.3. The molecular formula is C15H13NO2. The number of nitrogens with one attached hydrogen (secondary N) is 1. The van der Waals surface area contributed by atoms with Crippen LogP contribution in [0.1, 0.15) is 11.1 Å². The second-order valence-electron chi connectivity index (χ2n) is 4.37. The summed E-state index contributed by atoms with van der Waals surface area (Å²) in [6.45, 7) is -0.489. The quantitative estimate of drug-likeness (QED) is 0.720. The Kier molecular flexibility index (Phi) is 2.61. The molecule has 90 valence electrons. The molecule has 0 aliphatic heterocycles. The Morgan fingerprint density at radius 2 is 1.89 bits per heavy atom. The first kappa shape index (κ1) is 11.0. The van der Waals surface area contributed by atoms with Gasteiger partial charge in [-0.3, -0.25) is 4.79 Å². The Bertz CT molecular complexity index is 620. The smallest absolute Gasteiger partial charge is 0.250 e. The molecule has 0 atom stereocenters. The van der Waals surface area contributed by atoms with Crippen LogP contribution < -0.4 is 5.32 Å². The molecule has 0 spiro atoms. The monoisotopic (exact) mass is 239 g/mol. The molecule has 0 unspecified atom stereocenters. The highest BCUT2D eigenvalue weighted by atomic mass is 16.3. The summed E-state index contributed by atoms with van der Waals surface area (Å²) in [7, 11) is 0. The minimum absolute atomic E-state index is 0.376. The van der Waals surface area contributed by atoms with Crippen molar-refractivity contribution in [3.63, 3.8) is 0 Å². The first-order chi connectivity index (χ1) is 8.79. The molecule has 1 amide bonds. The number of benzene rings is 2. The first-order valence-corrected chi connectivity index (χ1v) is 5.90. The van der Waals surface area contributed by atoms with Crippen LogP contribution in [0.2, 0.25) is 0 Å². The third-order valence-corrected chi connectivity index (χ3v) is 3.27. The lowest BCUT2D eigenvalue weighted by atomic mass is 10.1. The molecule has 3 nitrogen and oxygen atoms in total. The Morgan fingerprint density at radius 3 is 2.72 bits per heavy atom. The van der Waals surface area contributed by atoms with Crippen LogP contribution in [0, 0.1) is 0 Å². The van der Waals surface area contributed by atoms with Crippen LogP contribution in [0.4, 0.5) is 5.69 Å². The summed E-state index contributed by atoms with van der Waals surface area (Å²) in [5, 5.41) is 11.5. The standard InChI is InChI=1S/C15H13NO2/c17-9-15(18)16-14-7-3-6-12-11-5-2-1-4-10(11)8-13(12)14/h1-7,17H,8-9H2,(H,16,18). The molecule has 0 radical (unpaired) electrons. The van der Waals surface area contributed by atoms with Crippen molar-refractivity contribution in [1.82, 2.24) is 0 Å². The van der Waals surface area contributed by atoms with Gasteiger partial charge in [0.15, 0.2) is 0 Å². The molecule has 0 saturated carbocycles. The highest BCUT2D eigenvalue weighted by Gasteiger charge is 2.20. The van der Waals surface area contributed by atoms with Gasteiger partial charge in [-0.25, -0.2) is 0 Å². The molecule has 2 aromatic rings. The summed E-state index contributed by atoms with van der Waals surface area (Å²) >= 11 is 0. The number of fused-ring (bicyclic) bond motifs is 3. The normalized spacial score (nSPS) is 11.8. The molecule has 0 saturated heterocycles. The molecule has 18 heavy (non-hydrogen) atoms. The van der Waals surface area contributed by atoms with Gasteiger partial charge >= 0.3 is 0 Å². The molecule has 2 aromatic carbocycles. The number of carbonyl (C=O) groups excluding carboxylic acids is 1. The number of aliphatic hydroxyl groups is 1. The third-order valence-electron chi connectivity index (χ3n) is 3.27. The Labute approximate surface area is 105 Å². The zero-order valence-corrected chi connectivity index (χ0v) is 9.81. The predicted octanol–water partition coefficient (Wildman–Crippen LogP) is 2.19. The lowest BCUT2D eigenvalue weighted by Crippen LogP contribution is -2.16. The maximum absolute atomic E-state index is 11.3. The minimum Gasteiger partial charge on any atom is -0.387 e. The minimum atomic E-state index is -0.489. The second-order valence-corrected chi connectivity index (χ2v) is 4.37. The fourth-order valence-electron chi connectivity index (χ4n) is 2.46. The van der Waals surface area contributed by atoms with Crippen LogP contribution in [-0.4, -0.2) is 17.6 Å². The zero-order valence-electron chi connectivity index (χ0n) is 9.81. The molecule has 0 aromatic heterocycles. The average molecular weight is 239 g/mol. The molecule has 3 rings (SSSR count). The Morgan fingerprint density at radius 1 is 1.11 bits per heavy atom. The summed E-state index contributed by atoms with van der Waals surface area (Å²) in [6.07, 6.45) is 0.827. The van der Waals surface area contributed by atoms with Gasteiger partial charge in [-0.2, -0.15) is 0 Å². The molecule has 3 heteroatoms. The number of anilines is 1. The highest BCUT2D eigenvalue weighted by molar-refractivity contribution is 5.94. The summed E-state index contributed by atoms with van der Waals surface area (Å²) < 4.78 is 0. The third kappa shape index (κ3) is 1.69. The van der Waals surface area contributed by atoms with E-state index in [4.69, 9.17) is 5.11 Å². The largest absolute Gasteiger partial charge is 0.387 e. The van der Waals surface area contributed by atoms with E-state index in [0.29, 0.717) is 0 Å². The van der Waals surface area contributed by atoms with Crippen LogP contribution in [0.3, 0.4) is 0 Å². The van der Waals surface area contributed by atoms with E-state index in [-0.39, 0.29) is 5.91 Å². The maximum Gasteiger partial charge on any atom is 0.250 e. The van der Waals surface area contributed by atoms with Gasteiger partial charge in [0.05, 0.1) is 0 Å². The van der Waals surface area contributed by atoms with Crippen molar-refractivity contribution in [2.24, 2.45) is 0 Å². The van der Waals surface area contributed by atoms with Gasteiger partial charge < -0.3 is 10.4 Å². The van der Waals surface area contributed by atoms with Crippen molar-refractivity contribution in [1.29, 1.82) is 0 Å².